The van der Waals surface area contributed by atoms with Crippen LogP contribution in [0.3, 0.4) is 0 Å². The molecule has 1 aromatic rings. The quantitative estimate of drug-likeness (QED) is 0.718. The number of benzene rings is 1. The third kappa shape index (κ3) is 5.04. The predicted molar refractivity (Wildman–Crippen MR) is 116 cm³/mol. The molecular weight excluding hydrogens is 396 g/mol. The van der Waals surface area contributed by atoms with E-state index in [2.05, 4.69) is 13.8 Å². The van der Waals surface area contributed by atoms with Crippen molar-refractivity contribution in [3.63, 3.8) is 0 Å². The van der Waals surface area contributed by atoms with Gasteiger partial charge in [-0.1, -0.05) is 0 Å². The summed E-state index contributed by atoms with van der Waals surface area (Å²) in [7, 11) is 0. The van der Waals surface area contributed by atoms with Crippen molar-refractivity contribution in [1.29, 1.82) is 0 Å². The maximum atomic E-state index is 13.1. The van der Waals surface area contributed by atoms with Crippen molar-refractivity contribution >= 4 is 11.8 Å². The molecule has 0 spiro atoms. The Kier molecular flexibility index (Phi) is 7.13. The number of hydrogen-bond acceptors (Lipinski definition) is 5. The molecule has 3 saturated heterocycles. The SMILES string of the molecule is CC1CCCC(C)N1C(=O)COc1ccc(C(=O)N2CCCCC2C2OCCO2)cc1. The van der Waals surface area contributed by atoms with E-state index >= 15 is 0 Å². The first-order valence-corrected chi connectivity index (χ1v) is 11.6. The molecule has 0 N–H and O–H groups in total. The van der Waals surface area contributed by atoms with Crippen LogP contribution in [0.15, 0.2) is 24.3 Å². The van der Waals surface area contributed by atoms with Crippen molar-refractivity contribution in [2.45, 2.75) is 76.8 Å². The monoisotopic (exact) mass is 430 g/mol. The molecule has 3 aliphatic heterocycles. The van der Waals surface area contributed by atoms with E-state index < -0.39 is 0 Å². The third-order valence-electron chi connectivity index (χ3n) is 6.72. The standard InChI is InChI=1S/C24H34N2O5/c1-17-6-5-7-18(2)26(17)22(27)16-31-20-11-9-19(10-12-20)23(28)25-13-4-3-8-21(25)24-29-14-15-30-24/h9-12,17-18,21,24H,3-8,13-16H2,1-2H3. The molecule has 4 rings (SSSR count). The molecular formula is C24H34N2O5. The summed E-state index contributed by atoms with van der Waals surface area (Å²) in [6, 6.07) is 7.56. The van der Waals surface area contributed by atoms with Gasteiger partial charge >= 0.3 is 0 Å². The Bertz CT molecular complexity index is 752. The number of likely N-dealkylation sites (tertiary alicyclic amines) is 2. The van der Waals surface area contributed by atoms with Crippen molar-refractivity contribution < 1.29 is 23.8 Å². The van der Waals surface area contributed by atoms with Crippen molar-refractivity contribution in [1.82, 2.24) is 9.80 Å². The molecule has 3 fully saturated rings. The van der Waals surface area contributed by atoms with Crippen LogP contribution in [-0.2, 0) is 14.3 Å². The Balaban J connectivity index is 1.35. The topological polar surface area (TPSA) is 68.3 Å². The first kappa shape index (κ1) is 22.1. The van der Waals surface area contributed by atoms with Crippen LogP contribution in [-0.4, -0.2) is 72.4 Å². The van der Waals surface area contributed by atoms with Crippen LogP contribution in [0, 0.1) is 0 Å². The summed E-state index contributed by atoms with van der Waals surface area (Å²) in [5.41, 5.74) is 0.613. The van der Waals surface area contributed by atoms with Crippen molar-refractivity contribution in [2.75, 3.05) is 26.4 Å². The van der Waals surface area contributed by atoms with Crippen LogP contribution in [0.25, 0.3) is 0 Å². The summed E-state index contributed by atoms with van der Waals surface area (Å²) in [6.07, 6.45) is 5.89. The van der Waals surface area contributed by atoms with Crippen LogP contribution in [0.1, 0.15) is 62.7 Å². The number of piperidine rings is 2. The van der Waals surface area contributed by atoms with Gasteiger partial charge in [0.1, 0.15) is 5.75 Å². The van der Waals surface area contributed by atoms with E-state index in [-0.39, 0.29) is 42.8 Å². The average molecular weight is 431 g/mol. The van der Waals surface area contributed by atoms with Gasteiger partial charge in [0.05, 0.1) is 19.3 Å². The normalized spacial score (nSPS) is 27.4. The van der Waals surface area contributed by atoms with Crippen LogP contribution >= 0.6 is 0 Å². The largest absolute Gasteiger partial charge is 0.484 e. The molecule has 3 heterocycles. The maximum absolute atomic E-state index is 13.1. The predicted octanol–water partition coefficient (Wildman–Crippen LogP) is 3.22. The third-order valence-corrected chi connectivity index (χ3v) is 6.72. The highest BCUT2D eigenvalue weighted by molar-refractivity contribution is 5.94. The smallest absolute Gasteiger partial charge is 0.260 e. The fourth-order valence-corrected chi connectivity index (χ4v) is 5.08. The molecule has 3 aliphatic rings. The number of nitrogens with zero attached hydrogens (tertiary/aromatic N) is 2. The molecule has 0 bridgehead atoms. The van der Waals surface area contributed by atoms with Crippen LogP contribution in [0.5, 0.6) is 5.75 Å². The second-order valence-corrected chi connectivity index (χ2v) is 8.91. The zero-order valence-electron chi connectivity index (χ0n) is 18.6. The van der Waals surface area contributed by atoms with Crippen LogP contribution in [0.2, 0.25) is 0 Å². The van der Waals surface area contributed by atoms with Crippen molar-refractivity contribution in [2.24, 2.45) is 0 Å². The summed E-state index contributed by atoms with van der Waals surface area (Å²) in [6.45, 7) is 6.11. The Labute approximate surface area is 184 Å². The zero-order valence-corrected chi connectivity index (χ0v) is 18.6. The summed E-state index contributed by atoms with van der Waals surface area (Å²) in [5.74, 6) is 0.606. The van der Waals surface area contributed by atoms with Gasteiger partial charge in [0.2, 0.25) is 0 Å². The fourth-order valence-electron chi connectivity index (χ4n) is 5.08. The van der Waals surface area contributed by atoms with Gasteiger partial charge in [-0.2, -0.15) is 0 Å². The Hall–Kier alpha value is -2.12. The maximum Gasteiger partial charge on any atom is 0.260 e. The highest BCUT2D eigenvalue weighted by Crippen LogP contribution is 2.27. The minimum absolute atomic E-state index is 0.0117. The van der Waals surface area contributed by atoms with Gasteiger partial charge in [-0.3, -0.25) is 9.59 Å². The number of rotatable bonds is 5. The van der Waals surface area contributed by atoms with E-state index in [4.69, 9.17) is 14.2 Å². The van der Waals surface area contributed by atoms with Gasteiger partial charge in [-0.15, -0.1) is 0 Å². The molecule has 3 atom stereocenters. The summed E-state index contributed by atoms with van der Waals surface area (Å²) < 4.78 is 17.1. The molecule has 7 nitrogen and oxygen atoms in total. The minimum Gasteiger partial charge on any atom is -0.484 e. The van der Waals surface area contributed by atoms with Gasteiger partial charge in [0.25, 0.3) is 11.8 Å². The van der Waals surface area contributed by atoms with Gasteiger partial charge in [-0.05, 0) is 76.6 Å². The summed E-state index contributed by atoms with van der Waals surface area (Å²) >= 11 is 0. The number of ether oxygens (including phenoxy) is 3. The van der Waals surface area contributed by atoms with E-state index in [1.54, 1.807) is 24.3 Å². The minimum atomic E-state index is -0.322. The lowest BCUT2D eigenvalue weighted by Gasteiger charge is -2.39. The second-order valence-electron chi connectivity index (χ2n) is 8.91. The van der Waals surface area contributed by atoms with Crippen LogP contribution < -0.4 is 4.74 Å². The van der Waals surface area contributed by atoms with Gasteiger partial charge in [0.15, 0.2) is 12.9 Å². The van der Waals surface area contributed by atoms with E-state index in [1.165, 1.54) is 6.42 Å². The highest BCUT2D eigenvalue weighted by Gasteiger charge is 2.36. The van der Waals surface area contributed by atoms with Crippen LogP contribution in [0.4, 0.5) is 0 Å². The molecule has 2 amide bonds. The average Bonchev–Trinajstić information content (AvgIpc) is 3.32. The van der Waals surface area contributed by atoms with E-state index in [0.717, 1.165) is 32.1 Å². The first-order chi connectivity index (χ1) is 15.0. The number of hydrogen-bond donors (Lipinski definition) is 0. The molecule has 7 heteroatoms. The Morgan fingerprint density at radius 3 is 2.32 bits per heavy atom. The summed E-state index contributed by atoms with van der Waals surface area (Å²) in [5, 5.41) is 0. The number of carbonyl (C=O) groups is 2. The van der Waals surface area contributed by atoms with Crippen molar-refractivity contribution in [3.8, 4) is 5.75 Å². The number of amides is 2. The molecule has 0 saturated carbocycles. The lowest BCUT2D eigenvalue weighted by Crippen LogP contribution is -2.50. The molecule has 1 aromatic carbocycles. The Morgan fingerprint density at radius 1 is 0.968 bits per heavy atom. The van der Waals surface area contributed by atoms with Gasteiger partial charge in [-0.25, -0.2) is 0 Å². The highest BCUT2D eigenvalue weighted by atomic mass is 16.7. The van der Waals surface area contributed by atoms with E-state index in [9.17, 15) is 9.59 Å². The van der Waals surface area contributed by atoms with Crippen molar-refractivity contribution in [3.05, 3.63) is 29.8 Å². The second kappa shape index (κ2) is 10.0. The first-order valence-electron chi connectivity index (χ1n) is 11.6. The molecule has 0 aromatic heterocycles. The Morgan fingerprint density at radius 2 is 1.65 bits per heavy atom. The van der Waals surface area contributed by atoms with E-state index in [0.29, 0.717) is 31.1 Å². The number of carbonyl (C=O) groups excluding carboxylic acids is 2. The molecule has 3 unspecified atom stereocenters. The molecule has 0 aliphatic carbocycles. The lowest BCUT2D eigenvalue weighted by atomic mass is 9.97. The molecule has 0 radical (unpaired) electrons. The van der Waals surface area contributed by atoms with Gasteiger partial charge < -0.3 is 24.0 Å². The van der Waals surface area contributed by atoms with Gasteiger partial charge in [0, 0.05) is 24.2 Å². The fraction of sp³-hybridized carbons (Fsp3) is 0.667. The molecule has 170 valence electrons. The lowest BCUT2D eigenvalue weighted by molar-refractivity contribution is -0.139. The molecule has 31 heavy (non-hydrogen) atoms. The zero-order chi connectivity index (χ0) is 21.8. The van der Waals surface area contributed by atoms with E-state index in [1.807, 2.05) is 9.80 Å². The summed E-state index contributed by atoms with van der Waals surface area (Å²) in [4.78, 5) is 29.6.